The highest BCUT2D eigenvalue weighted by molar-refractivity contribution is 5.95. The molecule has 1 heterocycles. The van der Waals surface area contributed by atoms with E-state index in [0.29, 0.717) is 32.0 Å². The summed E-state index contributed by atoms with van der Waals surface area (Å²) in [6.07, 6.45) is 0. The third-order valence-corrected chi connectivity index (χ3v) is 2.73. The third-order valence-electron chi connectivity index (χ3n) is 2.73. The summed E-state index contributed by atoms with van der Waals surface area (Å²) < 4.78 is 5.18. The van der Waals surface area contributed by atoms with Crippen LogP contribution >= 0.6 is 0 Å². The van der Waals surface area contributed by atoms with Gasteiger partial charge in [-0.25, -0.2) is 9.80 Å². The molecule has 0 radical (unpaired) electrons. The number of carbonyl (C=O) groups is 1. The van der Waals surface area contributed by atoms with Crippen molar-refractivity contribution in [3.63, 3.8) is 0 Å². The molecule has 0 atom stereocenters. The summed E-state index contributed by atoms with van der Waals surface area (Å²) in [7, 11) is 0. The summed E-state index contributed by atoms with van der Waals surface area (Å²) in [6, 6.07) is 3.72. The second kappa shape index (κ2) is 5.63. The lowest BCUT2D eigenvalue weighted by Crippen LogP contribution is -2.40. The average molecular weight is 267 g/mol. The summed E-state index contributed by atoms with van der Waals surface area (Å²) in [5.74, 6) is -1.21. The van der Waals surface area contributed by atoms with E-state index >= 15 is 0 Å². The van der Waals surface area contributed by atoms with Gasteiger partial charge >= 0.3 is 5.97 Å². The third kappa shape index (κ3) is 3.18. The van der Waals surface area contributed by atoms with Gasteiger partial charge < -0.3 is 15.3 Å². The number of aromatic carboxylic acids is 1. The molecular formula is C11H13N3O5. The van der Waals surface area contributed by atoms with Crippen LogP contribution in [0.25, 0.3) is 0 Å². The summed E-state index contributed by atoms with van der Waals surface area (Å²) in [4.78, 5) is 21.2. The number of hydrogen-bond acceptors (Lipinski definition) is 6. The maximum absolute atomic E-state index is 11.1. The molecule has 0 spiro atoms. The standard InChI is InChI=1S/C11H13N3O5/c15-11(16)9-7-8(14(17)18)1-2-10(9)12-13-3-5-19-6-4-13/h1-2,7,12H,3-6H2,(H,15,16). The zero-order valence-electron chi connectivity index (χ0n) is 10.0. The first kappa shape index (κ1) is 13.2. The van der Waals surface area contributed by atoms with E-state index in [0.717, 1.165) is 6.07 Å². The van der Waals surface area contributed by atoms with Crippen molar-refractivity contribution in [2.24, 2.45) is 0 Å². The van der Waals surface area contributed by atoms with Crippen LogP contribution in [0.3, 0.4) is 0 Å². The van der Waals surface area contributed by atoms with Crippen LogP contribution in [0.1, 0.15) is 10.4 Å². The van der Waals surface area contributed by atoms with Crippen LogP contribution in [0.4, 0.5) is 11.4 Å². The van der Waals surface area contributed by atoms with Crippen LogP contribution in [0, 0.1) is 10.1 Å². The molecule has 19 heavy (non-hydrogen) atoms. The lowest BCUT2D eigenvalue weighted by Gasteiger charge is -2.28. The number of ether oxygens (including phenoxy) is 1. The number of nitro benzene ring substituents is 1. The Morgan fingerprint density at radius 2 is 2.11 bits per heavy atom. The molecular weight excluding hydrogens is 254 g/mol. The van der Waals surface area contributed by atoms with E-state index in [1.807, 2.05) is 5.01 Å². The number of non-ortho nitro benzene ring substituents is 1. The van der Waals surface area contributed by atoms with Crippen molar-refractivity contribution < 1.29 is 19.6 Å². The molecule has 0 aromatic heterocycles. The fourth-order valence-electron chi connectivity index (χ4n) is 1.77. The number of nitrogens with one attached hydrogen (secondary N) is 1. The minimum Gasteiger partial charge on any atom is -0.478 e. The quantitative estimate of drug-likeness (QED) is 0.618. The Morgan fingerprint density at radius 3 is 2.68 bits per heavy atom. The van der Waals surface area contributed by atoms with Crippen molar-refractivity contribution in [3.05, 3.63) is 33.9 Å². The molecule has 2 N–H and O–H groups in total. The van der Waals surface area contributed by atoms with Gasteiger partial charge in [-0.2, -0.15) is 0 Å². The maximum atomic E-state index is 11.1. The number of carboxylic acids is 1. The molecule has 1 aromatic carbocycles. The fraction of sp³-hybridized carbons (Fsp3) is 0.364. The lowest BCUT2D eigenvalue weighted by molar-refractivity contribution is -0.384. The van der Waals surface area contributed by atoms with E-state index in [1.165, 1.54) is 12.1 Å². The van der Waals surface area contributed by atoms with Crippen LogP contribution in [0.2, 0.25) is 0 Å². The highest BCUT2D eigenvalue weighted by atomic mass is 16.6. The first-order chi connectivity index (χ1) is 9.08. The number of rotatable bonds is 4. The minimum absolute atomic E-state index is 0.124. The molecule has 1 saturated heterocycles. The molecule has 0 aliphatic carbocycles. The fourth-order valence-corrected chi connectivity index (χ4v) is 1.77. The Kier molecular flexibility index (Phi) is 3.93. The molecule has 1 fully saturated rings. The zero-order chi connectivity index (χ0) is 13.8. The van der Waals surface area contributed by atoms with E-state index in [-0.39, 0.29) is 11.3 Å². The van der Waals surface area contributed by atoms with Gasteiger partial charge in [-0.1, -0.05) is 0 Å². The molecule has 0 amide bonds. The van der Waals surface area contributed by atoms with Gasteiger partial charge in [-0.15, -0.1) is 0 Å². The van der Waals surface area contributed by atoms with Crippen molar-refractivity contribution in [1.29, 1.82) is 0 Å². The van der Waals surface area contributed by atoms with Gasteiger partial charge in [0.25, 0.3) is 5.69 Å². The number of nitro groups is 1. The smallest absolute Gasteiger partial charge is 0.338 e. The predicted molar refractivity (Wildman–Crippen MR) is 66.1 cm³/mol. The lowest BCUT2D eigenvalue weighted by atomic mass is 10.1. The second-order valence-corrected chi connectivity index (χ2v) is 4.00. The number of nitrogens with zero attached hydrogens (tertiary/aromatic N) is 2. The first-order valence-electron chi connectivity index (χ1n) is 5.69. The van der Waals surface area contributed by atoms with E-state index in [2.05, 4.69) is 5.43 Å². The van der Waals surface area contributed by atoms with Crippen LogP contribution < -0.4 is 5.43 Å². The van der Waals surface area contributed by atoms with E-state index in [1.54, 1.807) is 0 Å². The van der Waals surface area contributed by atoms with Crippen molar-refractivity contribution in [2.75, 3.05) is 31.7 Å². The van der Waals surface area contributed by atoms with Gasteiger partial charge in [0.2, 0.25) is 0 Å². The van der Waals surface area contributed by atoms with Crippen LogP contribution in [0.5, 0.6) is 0 Å². The van der Waals surface area contributed by atoms with Crippen molar-refractivity contribution in [3.8, 4) is 0 Å². The number of anilines is 1. The minimum atomic E-state index is -1.21. The van der Waals surface area contributed by atoms with Crippen molar-refractivity contribution >= 4 is 17.3 Å². The highest BCUT2D eigenvalue weighted by Crippen LogP contribution is 2.22. The molecule has 1 aliphatic heterocycles. The topological polar surface area (TPSA) is 105 Å². The number of hydrogen-bond donors (Lipinski definition) is 2. The summed E-state index contributed by atoms with van der Waals surface area (Å²) >= 11 is 0. The van der Waals surface area contributed by atoms with E-state index in [4.69, 9.17) is 9.84 Å². The Hall–Kier alpha value is -2.19. The molecule has 2 rings (SSSR count). The number of carboxylic acid groups (broad SMARTS) is 1. The SMILES string of the molecule is O=C(O)c1cc([N+](=O)[O-])ccc1NN1CCOCC1. The number of benzene rings is 1. The molecule has 0 saturated carbocycles. The van der Waals surface area contributed by atoms with Gasteiger partial charge in [0, 0.05) is 25.2 Å². The van der Waals surface area contributed by atoms with Gasteiger partial charge in [-0.05, 0) is 6.07 Å². The Labute approximate surface area is 108 Å². The summed E-state index contributed by atoms with van der Waals surface area (Å²) in [5, 5.41) is 21.6. The zero-order valence-corrected chi connectivity index (χ0v) is 10.0. The van der Waals surface area contributed by atoms with Crippen LogP contribution in [0.15, 0.2) is 18.2 Å². The van der Waals surface area contributed by atoms with E-state index in [9.17, 15) is 14.9 Å². The van der Waals surface area contributed by atoms with Crippen LogP contribution in [-0.4, -0.2) is 47.3 Å². The first-order valence-corrected chi connectivity index (χ1v) is 5.69. The molecule has 1 aliphatic rings. The summed E-state index contributed by atoms with van der Waals surface area (Å²) in [6.45, 7) is 2.36. The molecule has 0 unspecified atom stereocenters. The molecule has 0 bridgehead atoms. The highest BCUT2D eigenvalue weighted by Gasteiger charge is 2.18. The molecule has 8 nitrogen and oxygen atoms in total. The molecule has 102 valence electrons. The predicted octanol–water partition coefficient (Wildman–Crippen LogP) is 0.952. The Balaban J connectivity index is 2.23. The number of morpholine rings is 1. The normalized spacial score (nSPS) is 16.0. The van der Waals surface area contributed by atoms with Gasteiger partial charge in [-0.3, -0.25) is 10.1 Å². The van der Waals surface area contributed by atoms with Gasteiger partial charge in [0.15, 0.2) is 0 Å². The molecule has 8 heteroatoms. The van der Waals surface area contributed by atoms with Gasteiger partial charge in [0.1, 0.15) is 0 Å². The molecule has 1 aromatic rings. The maximum Gasteiger partial charge on any atom is 0.338 e. The second-order valence-electron chi connectivity index (χ2n) is 4.00. The summed E-state index contributed by atoms with van der Waals surface area (Å²) in [5.41, 5.74) is 2.91. The Morgan fingerprint density at radius 1 is 1.42 bits per heavy atom. The van der Waals surface area contributed by atoms with E-state index < -0.39 is 10.9 Å². The average Bonchev–Trinajstić information content (AvgIpc) is 2.39. The monoisotopic (exact) mass is 267 g/mol. The van der Waals surface area contributed by atoms with Crippen LogP contribution in [-0.2, 0) is 4.74 Å². The number of hydrazine groups is 1. The van der Waals surface area contributed by atoms with Gasteiger partial charge in [0.05, 0.1) is 29.4 Å². The Bertz CT molecular complexity index is 499. The van der Waals surface area contributed by atoms with Crippen molar-refractivity contribution in [1.82, 2.24) is 5.01 Å². The largest absolute Gasteiger partial charge is 0.478 e. The van der Waals surface area contributed by atoms with Crippen molar-refractivity contribution in [2.45, 2.75) is 0 Å².